The van der Waals surface area contributed by atoms with Crippen molar-refractivity contribution in [1.82, 2.24) is 8.61 Å². The van der Waals surface area contributed by atoms with Crippen LogP contribution in [0.15, 0.2) is 0 Å². The van der Waals surface area contributed by atoms with Crippen LogP contribution in [-0.4, -0.2) is 49.2 Å². The normalized spacial score (nSPS) is 26.3. The molecule has 1 aliphatic carbocycles. The number of hydrogen-bond acceptors (Lipinski definition) is 3. The van der Waals surface area contributed by atoms with Crippen molar-refractivity contribution in [3.05, 3.63) is 0 Å². The van der Waals surface area contributed by atoms with Crippen molar-refractivity contribution in [3.63, 3.8) is 0 Å². The van der Waals surface area contributed by atoms with Gasteiger partial charge in [0.1, 0.15) is 0 Å². The van der Waals surface area contributed by atoms with Crippen molar-refractivity contribution in [2.45, 2.75) is 45.6 Å². The highest BCUT2D eigenvalue weighted by atomic mass is 32.2. The minimum absolute atomic E-state index is 0.241. The molecule has 0 aromatic heterocycles. The van der Waals surface area contributed by atoms with E-state index in [9.17, 15) is 8.42 Å². The van der Waals surface area contributed by atoms with Gasteiger partial charge in [0, 0.05) is 25.7 Å². The van der Waals surface area contributed by atoms with Gasteiger partial charge < -0.3 is 5.73 Å². The first-order chi connectivity index (χ1) is 8.95. The van der Waals surface area contributed by atoms with Crippen LogP contribution in [-0.2, 0) is 10.2 Å². The SMILES string of the molecule is CC(C)CN(C1CC1)S(=O)(=O)N1CCCC(CN)C1. The van der Waals surface area contributed by atoms with Crippen LogP contribution in [0, 0.1) is 11.8 Å². The zero-order valence-corrected chi connectivity index (χ0v) is 12.9. The summed E-state index contributed by atoms with van der Waals surface area (Å²) in [6.07, 6.45) is 4.01. The van der Waals surface area contributed by atoms with Crippen molar-refractivity contribution < 1.29 is 8.42 Å². The van der Waals surface area contributed by atoms with Crippen molar-refractivity contribution in [3.8, 4) is 0 Å². The van der Waals surface area contributed by atoms with Gasteiger partial charge in [-0.05, 0) is 44.1 Å². The second kappa shape index (κ2) is 6.08. The summed E-state index contributed by atoms with van der Waals surface area (Å²) in [7, 11) is -3.29. The topological polar surface area (TPSA) is 66.6 Å². The number of rotatable bonds is 6. The molecule has 1 unspecified atom stereocenters. The van der Waals surface area contributed by atoms with Crippen molar-refractivity contribution in [2.75, 3.05) is 26.2 Å². The third kappa shape index (κ3) is 3.68. The fourth-order valence-electron chi connectivity index (χ4n) is 2.73. The molecule has 0 radical (unpaired) electrons. The van der Waals surface area contributed by atoms with E-state index in [0.717, 1.165) is 25.7 Å². The molecule has 0 amide bonds. The molecular formula is C13H27N3O2S. The summed E-state index contributed by atoms with van der Waals surface area (Å²) in [5.41, 5.74) is 5.70. The van der Waals surface area contributed by atoms with E-state index in [1.54, 1.807) is 8.61 Å². The van der Waals surface area contributed by atoms with Gasteiger partial charge in [0.2, 0.25) is 0 Å². The Balaban J connectivity index is 2.10. The van der Waals surface area contributed by atoms with E-state index in [1.165, 1.54) is 0 Å². The Bertz CT molecular complexity index is 393. The highest BCUT2D eigenvalue weighted by Crippen LogP contribution is 2.32. The Morgan fingerprint density at radius 2 is 2.00 bits per heavy atom. The van der Waals surface area contributed by atoms with Gasteiger partial charge in [-0.25, -0.2) is 0 Å². The predicted molar refractivity (Wildman–Crippen MR) is 76.8 cm³/mol. The Morgan fingerprint density at radius 3 is 2.53 bits per heavy atom. The monoisotopic (exact) mass is 289 g/mol. The minimum Gasteiger partial charge on any atom is -0.330 e. The lowest BCUT2D eigenvalue weighted by atomic mass is 10.0. The molecule has 0 aromatic carbocycles. The van der Waals surface area contributed by atoms with Crippen LogP contribution < -0.4 is 5.73 Å². The number of hydrogen-bond donors (Lipinski definition) is 1. The average molecular weight is 289 g/mol. The van der Waals surface area contributed by atoms with Gasteiger partial charge in [-0.3, -0.25) is 0 Å². The Hall–Kier alpha value is -0.170. The van der Waals surface area contributed by atoms with Gasteiger partial charge in [0.25, 0.3) is 10.2 Å². The van der Waals surface area contributed by atoms with Crippen molar-refractivity contribution in [1.29, 1.82) is 0 Å². The lowest BCUT2D eigenvalue weighted by Gasteiger charge is -2.35. The summed E-state index contributed by atoms with van der Waals surface area (Å²) >= 11 is 0. The van der Waals surface area contributed by atoms with Crippen LogP contribution in [0.3, 0.4) is 0 Å². The highest BCUT2D eigenvalue weighted by molar-refractivity contribution is 7.86. The highest BCUT2D eigenvalue weighted by Gasteiger charge is 2.41. The molecule has 112 valence electrons. The summed E-state index contributed by atoms with van der Waals surface area (Å²) < 4.78 is 28.9. The van der Waals surface area contributed by atoms with Gasteiger partial charge >= 0.3 is 0 Å². The molecule has 1 atom stereocenters. The Morgan fingerprint density at radius 1 is 1.32 bits per heavy atom. The molecule has 2 rings (SSSR count). The van der Waals surface area contributed by atoms with Gasteiger partial charge in [-0.15, -0.1) is 0 Å². The summed E-state index contributed by atoms with van der Waals surface area (Å²) in [5.74, 6) is 0.689. The van der Waals surface area contributed by atoms with Gasteiger partial charge in [-0.1, -0.05) is 13.8 Å². The second-order valence-electron chi connectivity index (χ2n) is 6.30. The molecule has 1 heterocycles. The summed E-state index contributed by atoms with van der Waals surface area (Å²) in [4.78, 5) is 0. The van der Waals surface area contributed by atoms with E-state index in [-0.39, 0.29) is 6.04 Å². The molecule has 1 aliphatic heterocycles. The first-order valence-corrected chi connectivity index (χ1v) is 8.81. The molecule has 2 N–H and O–H groups in total. The standard InChI is InChI=1S/C13H27N3O2S/c1-11(2)9-16(13-5-6-13)19(17,18)15-7-3-4-12(8-14)10-15/h11-13H,3-10,14H2,1-2H3. The van der Waals surface area contributed by atoms with E-state index in [2.05, 4.69) is 13.8 Å². The molecule has 1 saturated carbocycles. The molecule has 5 nitrogen and oxygen atoms in total. The zero-order chi connectivity index (χ0) is 14.0. The molecular weight excluding hydrogens is 262 g/mol. The first kappa shape index (κ1) is 15.2. The molecule has 19 heavy (non-hydrogen) atoms. The fraction of sp³-hybridized carbons (Fsp3) is 1.00. The van der Waals surface area contributed by atoms with Crippen molar-refractivity contribution in [2.24, 2.45) is 17.6 Å². The van der Waals surface area contributed by atoms with Crippen LogP contribution in [0.25, 0.3) is 0 Å². The molecule has 0 aromatic rings. The van der Waals surface area contributed by atoms with E-state index in [1.807, 2.05) is 0 Å². The molecule has 2 fully saturated rings. The molecule has 0 bridgehead atoms. The summed E-state index contributed by atoms with van der Waals surface area (Å²) in [6.45, 7) is 6.62. The van der Waals surface area contributed by atoms with Crippen LogP contribution in [0.5, 0.6) is 0 Å². The van der Waals surface area contributed by atoms with E-state index >= 15 is 0 Å². The lowest BCUT2D eigenvalue weighted by molar-refractivity contribution is 0.243. The van der Waals surface area contributed by atoms with Gasteiger partial charge in [-0.2, -0.15) is 17.0 Å². The van der Waals surface area contributed by atoms with Crippen molar-refractivity contribution >= 4 is 10.2 Å². The molecule has 0 spiro atoms. The maximum absolute atomic E-state index is 12.8. The maximum Gasteiger partial charge on any atom is 0.282 e. The van der Waals surface area contributed by atoms with Crippen LogP contribution in [0.1, 0.15) is 39.5 Å². The second-order valence-corrected chi connectivity index (χ2v) is 8.19. The van der Waals surface area contributed by atoms with Gasteiger partial charge in [0.15, 0.2) is 0 Å². The fourth-order valence-corrected chi connectivity index (χ4v) is 4.86. The molecule has 2 aliphatic rings. The predicted octanol–water partition coefficient (Wildman–Crippen LogP) is 1.02. The summed E-state index contributed by atoms with van der Waals surface area (Å²) in [6, 6.07) is 0.241. The largest absolute Gasteiger partial charge is 0.330 e. The number of piperidine rings is 1. The smallest absolute Gasteiger partial charge is 0.282 e. The van der Waals surface area contributed by atoms with Crippen LogP contribution >= 0.6 is 0 Å². The lowest BCUT2D eigenvalue weighted by Crippen LogP contribution is -2.50. The molecule has 1 saturated heterocycles. The van der Waals surface area contributed by atoms with E-state index in [0.29, 0.717) is 38.0 Å². The molecule has 6 heteroatoms. The van der Waals surface area contributed by atoms with Gasteiger partial charge in [0.05, 0.1) is 0 Å². The number of nitrogens with two attached hydrogens (primary N) is 1. The quantitative estimate of drug-likeness (QED) is 0.794. The zero-order valence-electron chi connectivity index (χ0n) is 12.1. The minimum atomic E-state index is -3.29. The summed E-state index contributed by atoms with van der Waals surface area (Å²) in [5, 5.41) is 0. The van der Waals surface area contributed by atoms with E-state index < -0.39 is 10.2 Å². The number of nitrogens with zero attached hydrogens (tertiary/aromatic N) is 2. The van der Waals surface area contributed by atoms with Crippen LogP contribution in [0.4, 0.5) is 0 Å². The third-order valence-electron chi connectivity index (χ3n) is 3.94. The Kier molecular flexibility index (Phi) is 4.87. The maximum atomic E-state index is 12.8. The Labute approximate surface area is 117 Å². The third-order valence-corrected chi connectivity index (χ3v) is 5.96. The van der Waals surface area contributed by atoms with E-state index in [4.69, 9.17) is 5.73 Å². The first-order valence-electron chi connectivity index (χ1n) is 7.42. The average Bonchev–Trinajstić information content (AvgIpc) is 3.20. The van der Waals surface area contributed by atoms with Crippen LogP contribution in [0.2, 0.25) is 0 Å².